The molecule has 1 aromatic carbocycles. The van der Waals surface area contributed by atoms with Crippen molar-refractivity contribution in [2.24, 2.45) is 5.92 Å². The van der Waals surface area contributed by atoms with E-state index in [9.17, 15) is 9.18 Å². The monoisotopic (exact) mass is 326 g/mol. The number of carbonyl (C=O) groups excluding carboxylic acids is 1. The molecule has 0 saturated carbocycles. The number of nitrogens with zero attached hydrogens (tertiary/aromatic N) is 2. The van der Waals surface area contributed by atoms with Crippen LogP contribution in [0.1, 0.15) is 37.0 Å². The van der Waals surface area contributed by atoms with E-state index in [0.29, 0.717) is 11.5 Å². The lowest BCUT2D eigenvalue weighted by Crippen LogP contribution is -2.47. The molecule has 1 amide bonds. The van der Waals surface area contributed by atoms with Crippen molar-refractivity contribution < 1.29 is 9.18 Å². The molecule has 0 aromatic heterocycles. The molecular formula is C17H24ClFN2O. The summed E-state index contributed by atoms with van der Waals surface area (Å²) in [5, 5.41) is 0.167. The third-order valence-electron chi connectivity index (χ3n) is 4.39. The topological polar surface area (TPSA) is 23.6 Å². The van der Waals surface area contributed by atoms with E-state index in [1.807, 2.05) is 7.05 Å². The van der Waals surface area contributed by atoms with Crippen molar-refractivity contribution in [3.05, 3.63) is 34.6 Å². The molecule has 1 saturated heterocycles. The van der Waals surface area contributed by atoms with E-state index in [0.717, 1.165) is 19.6 Å². The Balaban J connectivity index is 2.14. The van der Waals surface area contributed by atoms with Gasteiger partial charge < -0.3 is 9.80 Å². The van der Waals surface area contributed by atoms with Gasteiger partial charge in [-0.1, -0.05) is 25.4 Å². The summed E-state index contributed by atoms with van der Waals surface area (Å²) >= 11 is 6.03. The Bertz CT molecular complexity index is 529. The predicted molar refractivity (Wildman–Crippen MR) is 87.8 cm³/mol. The molecule has 0 radical (unpaired) electrons. The van der Waals surface area contributed by atoms with Crippen LogP contribution in [0.5, 0.6) is 0 Å². The minimum absolute atomic E-state index is 0.117. The zero-order valence-corrected chi connectivity index (χ0v) is 14.2. The van der Waals surface area contributed by atoms with Crippen molar-refractivity contribution in [3.8, 4) is 0 Å². The van der Waals surface area contributed by atoms with Crippen LogP contribution in [-0.4, -0.2) is 48.4 Å². The van der Waals surface area contributed by atoms with Crippen LogP contribution in [0.4, 0.5) is 4.39 Å². The van der Waals surface area contributed by atoms with E-state index >= 15 is 0 Å². The van der Waals surface area contributed by atoms with Gasteiger partial charge in [0.2, 0.25) is 0 Å². The van der Waals surface area contributed by atoms with Gasteiger partial charge in [0.05, 0.1) is 10.6 Å². The van der Waals surface area contributed by atoms with Crippen molar-refractivity contribution in [2.45, 2.75) is 32.7 Å². The molecule has 1 aliphatic heterocycles. The van der Waals surface area contributed by atoms with Crippen molar-refractivity contribution >= 4 is 17.5 Å². The molecule has 3 nitrogen and oxygen atoms in total. The first-order valence-electron chi connectivity index (χ1n) is 7.84. The molecular weight excluding hydrogens is 303 g/mol. The Morgan fingerprint density at radius 1 is 1.36 bits per heavy atom. The van der Waals surface area contributed by atoms with Crippen LogP contribution >= 0.6 is 11.6 Å². The Kier molecular flexibility index (Phi) is 5.81. The van der Waals surface area contributed by atoms with E-state index < -0.39 is 5.82 Å². The number of likely N-dealkylation sites (tertiary alicyclic amines) is 1. The van der Waals surface area contributed by atoms with Crippen LogP contribution in [0.2, 0.25) is 5.02 Å². The van der Waals surface area contributed by atoms with Crippen molar-refractivity contribution in [3.63, 3.8) is 0 Å². The molecule has 5 heteroatoms. The number of hydrogen-bond donors (Lipinski definition) is 0. The Morgan fingerprint density at radius 2 is 2.00 bits per heavy atom. The van der Waals surface area contributed by atoms with Crippen molar-refractivity contribution in [1.82, 2.24) is 9.80 Å². The number of benzene rings is 1. The lowest BCUT2D eigenvalue weighted by Gasteiger charge is -2.34. The van der Waals surface area contributed by atoms with Crippen LogP contribution in [0.15, 0.2) is 18.2 Å². The number of carbonyl (C=O) groups is 1. The summed E-state index contributed by atoms with van der Waals surface area (Å²) in [5.74, 6) is -0.238. The molecule has 1 aliphatic rings. The molecule has 22 heavy (non-hydrogen) atoms. The molecule has 122 valence electrons. The van der Waals surface area contributed by atoms with E-state index in [2.05, 4.69) is 18.7 Å². The third kappa shape index (κ3) is 3.99. The molecule has 1 atom stereocenters. The first-order chi connectivity index (χ1) is 10.4. The average molecular weight is 327 g/mol. The summed E-state index contributed by atoms with van der Waals surface area (Å²) in [4.78, 5) is 16.9. The van der Waals surface area contributed by atoms with Gasteiger partial charge in [0, 0.05) is 19.6 Å². The average Bonchev–Trinajstić information content (AvgIpc) is 2.96. The smallest absolute Gasteiger partial charge is 0.255 e. The fourth-order valence-electron chi connectivity index (χ4n) is 3.01. The molecule has 1 fully saturated rings. The van der Waals surface area contributed by atoms with Crippen molar-refractivity contribution in [1.29, 1.82) is 0 Å². The zero-order valence-electron chi connectivity index (χ0n) is 13.5. The van der Waals surface area contributed by atoms with Gasteiger partial charge in [0.1, 0.15) is 5.82 Å². The third-order valence-corrected chi connectivity index (χ3v) is 4.71. The lowest BCUT2D eigenvalue weighted by molar-refractivity contribution is 0.0641. The molecule has 0 bridgehead atoms. The molecule has 0 N–H and O–H groups in total. The fourth-order valence-corrected chi connectivity index (χ4v) is 3.26. The molecule has 1 aromatic rings. The molecule has 0 aliphatic carbocycles. The van der Waals surface area contributed by atoms with E-state index in [4.69, 9.17) is 11.6 Å². The van der Waals surface area contributed by atoms with Gasteiger partial charge in [0.15, 0.2) is 0 Å². The molecule has 2 rings (SSSR count). The zero-order chi connectivity index (χ0) is 16.3. The highest BCUT2D eigenvalue weighted by Crippen LogP contribution is 2.22. The number of likely N-dealkylation sites (N-methyl/N-ethyl adjacent to an activating group) is 1. The van der Waals surface area contributed by atoms with Crippen LogP contribution in [-0.2, 0) is 0 Å². The molecule has 0 spiro atoms. The van der Waals surface area contributed by atoms with E-state index in [1.54, 1.807) is 4.90 Å². The number of amides is 1. The summed E-state index contributed by atoms with van der Waals surface area (Å²) in [6.07, 6.45) is 2.46. The van der Waals surface area contributed by atoms with Gasteiger partial charge in [-0.05, 0) is 50.0 Å². The SMILES string of the molecule is CC(C)C(CN1CCCC1)N(C)C(=O)c1ccc(F)cc1Cl. The lowest BCUT2D eigenvalue weighted by atomic mass is 10.0. The summed E-state index contributed by atoms with van der Waals surface area (Å²) in [6, 6.07) is 4.04. The number of halogens is 2. The maximum Gasteiger partial charge on any atom is 0.255 e. The van der Waals surface area contributed by atoms with E-state index in [1.165, 1.54) is 31.0 Å². The highest BCUT2D eigenvalue weighted by atomic mass is 35.5. The van der Waals surface area contributed by atoms with Gasteiger partial charge in [-0.3, -0.25) is 4.79 Å². The van der Waals surface area contributed by atoms with Crippen molar-refractivity contribution in [2.75, 3.05) is 26.7 Å². The highest BCUT2D eigenvalue weighted by molar-refractivity contribution is 6.33. The second kappa shape index (κ2) is 7.42. The quantitative estimate of drug-likeness (QED) is 0.824. The van der Waals surface area contributed by atoms with Crippen LogP contribution in [0.3, 0.4) is 0 Å². The number of hydrogen-bond acceptors (Lipinski definition) is 2. The van der Waals surface area contributed by atoms with E-state index in [-0.39, 0.29) is 17.0 Å². The minimum atomic E-state index is -0.429. The molecule has 1 unspecified atom stereocenters. The Hall–Kier alpha value is -1.13. The first-order valence-corrected chi connectivity index (χ1v) is 8.22. The van der Waals surface area contributed by atoms with Crippen LogP contribution in [0, 0.1) is 11.7 Å². The van der Waals surface area contributed by atoms with Gasteiger partial charge in [0.25, 0.3) is 5.91 Å². The second-order valence-corrected chi connectivity index (χ2v) is 6.77. The summed E-state index contributed by atoms with van der Waals surface area (Å²) in [6.45, 7) is 7.32. The summed E-state index contributed by atoms with van der Waals surface area (Å²) in [7, 11) is 1.81. The summed E-state index contributed by atoms with van der Waals surface area (Å²) in [5.41, 5.74) is 0.359. The predicted octanol–water partition coefficient (Wildman–Crippen LogP) is 3.67. The van der Waals surface area contributed by atoms with Gasteiger partial charge in [-0.25, -0.2) is 4.39 Å². The maximum absolute atomic E-state index is 13.2. The largest absolute Gasteiger partial charge is 0.337 e. The van der Waals surface area contributed by atoms with Gasteiger partial charge in [-0.2, -0.15) is 0 Å². The maximum atomic E-state index is 13.2. The Labute approximate surface area is 137 Å². The molecule has 1 heterocycles. The van der Waals surface area contributed by atoms with Crippen LogP contribution in [0.25, 0.3) is 0 Å². The summed E-state index contributed by atoms with van der Waals surface area (Å²) < 4.78 is 13.2. The van der Waals surface area contributed by atoms with Gasteiger partial charge >= 0.3 is 0 Å². The normalized spacial score (nSPS) is 17.0. The van der Waals surface area contributed by atoms with Crippen LogP contribution < -0.4 is 0 Å². The first kappa shape index (κ1) is 17.2. The second-order valence-electron chi connectivity index (χ2n) is 6.36. The highest BCUT2D eigenvalue weighted by Gasteiger charge is 2.28. The minimum Gasteiger partial charge on any atom is -0.337 e. The Morgan fingerprint density at radius 3 is 2.55 bits per heavy atom. The number of rotatable bonds is 5. The van der Waals surface area contributed by atoms with Gasteiger partial charge in [-0.15, -0.1) is 0 Å². The fraction of sp³-hybridized carbons (Fsp3) is 0.588. The standard InChI is InChI=1S/C17H24ClFN2O/c1-12(2)16(11-21-8-4-5-9-21)20(3)17(22)14-7-6-13(19)10-15(14)18/h6-7,10,12,16H,4-5,8-9,11H2,1-3H3.